The van der Waals surface area contributed by atoms with Crippen molar-refractivity contribution in [2.45, 2.75) is 4.90 Å². The maximum Gasteiger partial charge on any atom is 0.336 e. The van der Waals surface area contributed by atoms with Crippen LogP contribution >= 0.6 is 0 Å². The molecule has 0 unspecified atom stereocenters. The lowest BCUT2D eigenvalue weighted by Gasteiger charge is -2.26. The molecular formula is C21H20N2O7S. The van der Waals surface area contributed by atoms with Crippen molar-refractivity contribution >= 4 is 32.6 Å². The molecule has 1 saturated heterocycles. The van der Waals surface area contributed by atoms with E-state index >= 15 is 0 Å². The molecule has 1 N–H and O–H groups in total. The molecule has 0 atom stereocenters. The van der Waals surface area contributed by atoms with Gasteiger partial charge < -0.3 is 19.2 Å². The van der Waals surface area contributed by atoms with Crippen molar-refractivity contribution in [1.82, 2.24) is 4.31 Å². The fraction of sp³-hybridized carbons (Fsp3) is 0.238. The second kappa shape index (κ2) is 8.88. The molecule has 0 aliphatic carbocycles. The number of nitrogens with one attached hydrogen (secondary N) is 1. The zero-order valence-corrected chi connectivity index (χ0v) is 17.3. The molecule has 2 heterocycles. The second-order valence-corrected chi connectivity index (χ2v) is 8.77. The minimum absolute atomic E-state index is 0.0951. The molecule has 0 spiro atoms. The van der Waals surface area contributed by atoms with Gasteiger partial charge >= 0.3 is 5.63 Å². The van der Waals surface area contributed by atoms with Crippen LogP contribution in [0.25, 0.3) is 11.0 Å². The molecule has 1 aliphatic rings. The highest BCUT2D eigenvalue weighted by Crippen LogP contribution is 2.21. The lowest BCUT2D eigenvalue weighted by molar-refractivity contribution is -0.118. The molecule has 0 bridgehead atoms. The van der Waals surface area contributed by atoms with Crippen LogP contribution in [-0.4, -0.2) is 51.5 Å². The van der Waals surface area contributed by atoms with Crippen molar-refractivity contribution in [2.24, 2.45) is 0 Å². The van der Waals surface area contributed by atoms with Crippen molar-refractivity contribution in [3.8, 4) is 5.75 Å². The van der Waals surface area contributed by atoms with Crippen molar-refractivity contribution in [3.63, 3.8) is 0 Å². The Morgan fingerprint density at radius 1 is 1.06 bits per heavy atom. The number of fused-ring (bicyclic) bond motifs is 1. The van der Waals surface area contributed by atoms with Crippen molar-refractivity contribution < 1.29 is 27.1 Å². The van der Waals surface area contributed by atoms with Crippen LogP contribution in [0.4, 0.5) is 5.69 Å². The number of nitrogens with zero attached hydrogens (tertiary/aromatic N) is 1. The van der Waals surface area contributed by atoms with Crippen LogP contribution in [0, 0.1) is 0 Å². The number of hydrogen-bond donors (Lipinski definition) is 1. The third kappa shape index (κ3) is 4.93. The first kappa shape index (κ1) is 21.0. The Balaban J connectivity index is 1.41. The highest BCUT2D eigenvalue weighted by molar-refractivity contribution is 7.89. The average molecular weight is 444 g/mol. The van der Waals surface area contributed by atoms with Gasteiger partial charge in [0.15, 0.2) is 6.61 Å². The van der Waals surface area contributed by atoms with E-state index in [1.54, 1.807) is 30.3 Å². The SMILES string of the molecule is O=C(COc1ccc2ccc(=O)oc2c1)Nc1cccc(S(=O)(=O)N2CCOCC2)c1. The largest absolute Gasteiger partial charge is 0.484 e. The van der Waals surface area contributed by atoms with E-state index in [4.69, 9.17) is 13.9 Å². The Labute approximate surface area is 178 Å². The molecule has 31 heavy (non-hydrogen) atoms. The molecule has 0 saturated carbocycles. The first-order valence-electron chi connectivity index (χ1n) is 9.56. The van der Waals surface area contributed by atoms with E-state index in [0.29, 0.717) is 43.3 Å². The molecular weight excluding hydrogens is 424 g/mol. The average Bonchev–Trinajstić information content (AvgIpc) is 2.78. The van der Waals surface area contributed by atoms with Gasteiger partial charge in [0.2, 0.25) is 10.0 Å². The number of carbonyl (C=O) groups excluding carboxylic acids is 1. The molecule has 9 nitrogen and oxygen atoms in total. The summed E-state index contributed by atoms with van der Waals surface area (Å²) in [5.74, 6) is -0.101. The summed E-state index contributed by atoms with van der Waals surface area (Å²) in [6, 6.07) is 13.9. The smallest absolute Gasteiger partial charge is 0.336 e. The first-order valence-corrected chi connectivity index (χ1v) is 11.0. The molecule has 3 aromatic rings. The van der Waals surface area contributed by atoms with Gasteiger partial charge in [-0.15, -0.1) is 0 Å². The van der Waals surface area contributed by atoms with Crippen LogP contribution in [0.15, 0.2) is 68.7 Å². The van der Waals surface area contributed by atoms with Gasteiger partial charge in [0.1, 0.15) is 11.3 Å². The fourth-order valence-electron chi connectivity index (χ4n) is 3.15. The number of ether oxygens (including phenoxy) is 2. The van der Waals surface area contributed by atoms with Crippen LogP contribution < -0.4 is 15.7 Å². The van der Waals surface area contributed by atoms with Gasteiger partial charge in [0, 0.05) is 36.3 Å². The topological polar surface area (TPSA) is 115 Å². The number of amides is 1. The summed E-state index contributed by atoms with van der Waals surface area (Å²) in [7, 11) is -3.67. The number of anilines is 1. The van der Waals surface area contributed by atoms with Gasteiger partial charge in [0.05, 0.1) is 18.1 Å². The van der Waals surface area contributed by atoms with Gasteiger partial charge in [-0.25, -0.2) is 13.2 Å². The van der Waals surface area contributed by atoms with E-state index in [9.17, 15) is 18.0 Å². The number of morpholine rings is 1. The number of hydrogen-bond acceptors (Lipinski definition) is 7. The van der Waals surface area contributed by atoms with E-state index in [2.05, 4.69) is 5.32 Å². The monoisotopic (exact) mass is 444 g/mol. The highest BCUT2D eigenvalue weighted by Gasteiger charge is 2.26. The van der Waals surface area contributed by atoms with Crippen LogP contribution in [0.5, 0.6) is 5.75 Å². The van der Waals surface area contributed by atoms with E-state index in [1.807, 2.05) is 0 Å². The zero-order valence-electron chi connectivity index (χ0n) is 16.4. The number of rotatable bonds is 6. The molecule has 1 aromatic heterocycles. The normalized spacial score (nSPS) is 15.0. The highest BCUT2D eigenvalue weighted by atomic mass is 32.2. The first-order chi connectivity index (χ1) is 14.9. The van der Waals surface area contributed by atoms with Crippen LogP contribution in [-0.2, 0) is 19.6 Å². The number of benzene rings is 2. The van der Waals surface area contributed by atoms with Crippen LogP contribution in [0.1, 0.15) is 0 Å². The predicted octanol–water partition coefficient (Wildman–Crippen LogP) is 1.83. The van der Waals surface area contributed by atoms with Crippen LogP contribution in [0.3, 0.4) is 0 Å². The van der Waals surface area contributed by atoms with E-state index in [-0.39, 0.29) is 11.5 Å². The molecule has 1 amide bonds. The maximum absolute atomic E-state index is 12.8. The number of sulfonamides is 1. The van der Waals surface area contributed by atoms with Gasteiger partial charge in [-0.05, 0) is 36.4 Å². The minimum atomic E-state index is -3.67. The summed E-state index contributed by atoms with van der Waals surface area (Å²) < 4.78 is 42.7. The fourth-order valence-corrected chi connectivity index (χ4v) is 4.60. The number of carbonyl (C=O) groups is 1. The quantitative estimate of drug-likeness (QED) is 0.577. The zero-order chi connectivity index (χ0) is 21.8. The molecule has 0 radical (unpaired) electrons. The molecule has 10 heteroatoms. The summed E-state index contributed by atoms with van der Waals surface area (Å²) >= 11 is 0. The van der Waals surface area contributed by atoms with Crippen molar-refractivity contribution in [1.29, 1.82) is 0 Å². The molecule has 4 rings (SSSR count). The molecule has 1 fully saturated rings. The lowest BCUT2D eigenvalue weighted by Crippen LogP contribution is -2.40. The summed E-state index contributed by atoms with van der Waals surface area (Å²) in [5.41, 5.74) is 0.216. The van der Waals surface area contributed by atoms with Gasteiger partial charge in [0.25, 0.3) is 5.91 Å². The van der Waals surface area contributed by atoms with Crippen molar-refractivity contribution in [2.75, 3.05) is 38.2 Å². The lowest BCUT2D eigenvalue weighted by atomic mass is 10.2. The van der Waals surface area contributed by atoms with Crippen LogP contribution in [0.2, 0.25) is 0 Å². The third-order valence-electron chi connectivity index (χ3n) is 4.69. The maximum atomic E-state index is 12.8. The van der Waals surface area contributed by atoms with E-state index in [0.717, 1.165) is 5.39 Å². The Bertz CT molecular complexity index is 1260. The molecule has 2 aromatic carbocycles. The third-order valence-corrected chi connectivity index (χ3v) is 6.58. The van der Waals surface area contributed by atoms with Gasteiger partial charge in [-0.2, -0.15) is 4.31 Å². The molecule has 162 valence electrons. The Kier molecular flexibility index (Phi) is 6.03. The summed E-state index contributed by atoms with van der Waals surface area (Å²) in [6.07, 6.45) is 0. The van der Waals surface area contributed by atoms with Gasteiger partial charge in [-0.3, -0.25) is 4.79 Å². The summed E-state index contributed by atoms with van der Waals surface area (Å²) in [4.78, 5) is 23.7. The van der Waals surface area contributed by atoms with Gasteiger partial charge in [-0.1, -0.05) is 6.07 Å². The van der Waals surface area contributed by atoms with Crippen molar-refractivity contribution in [3.05, 3.63) is 65.0 Å². The molecule has 1 aliphatic heterocycles. The standard InChI is InChI=1S/C21H20N2O7S/c24-20(14-29-17-6-4-15-5-7-21(25)30-19(15)13-17)22-16-2-1-3-18(12-16)31(26,27)23-8-10-28-11-9-23/h1-7,12-13H,8-11,14H2,(H,22,24). The minimum Gasteiger partial charge on any atom is -0.484 e. The summed E-state index contributed by atoms with van der Waals surface area (Å²) in [6.45, 7) is 0.983. The Hall–Kier alpha value is -3.21. The Morgan fingerprint density at radius 2 is 1.84 bits per heavy atom. The summed E-state index contributed by atoms with van der Waals surface area (Å²) in [5, 5.41) is 3.36. The van der Waals surface area contributed by atoms with E-state index < -0.39 is 21.6 Å². The predicted molar refractivity (Wildman–Crippen MR) is 113 cm³/mol. The Morgan fingerprint density at radius 3 is 2.65 bits per heavy atom. The second-order valence-electron chi connectivity index (χ2n) is 6.84. The van der Waals surface area contributed by atoms with E-state index in [1.165, 1.54) is 28.6 Å².